The van der Waals surface area contributed by atoms with Gasteiger partial charge in [-0.3, -0.25) is 0 Å². The van der Waals surface area contributed by atoms with E-state index in [1.165, 1.54) is 4.70 Å². The molecule has 6 heteroatoms. The van der Waals surface area contributed by atoms with Crippen molar-refractivity contribution in [1.82, 2.24) is 15.2 Å². The van der Waals surface area contributed by atoms with E-state index >= 15 is 0 Å². The van der Waals surface area contributed by atoms with E-state index in [0.29, 0.717) is 11.8 Å². The van der Waals surface area contributed by atoms with Gasteiger partial charge in [0.15, 0.2) is 0 Å². The van der Waals surface area contributed by atoms with Gasteiger partial charge in [-0.05, 0) is 44.2 Å². The SMILES string of the molecule is Cc1nc2ccc(N[C@@H](C)c3nnc(-c4ccccc4)o3)cc2s1. The smallest absolute Gasteiger partial charge is 0.247 e. The molecule has 0 aliphatic heterocycles. The third-order valence-electron chi connectivity index (χ3n) is 3.71. The molecule has 1 atom stereocenters. The summed E-state index contributed by atoms with van der Waals surface area (Å²) in [6.45, 7) is 4.02. The Morgan fingerprint density at radius 3 is 2.75 bits per heavy atom. The lowest BCUT2D eigenvalue weighted by Crippen LogP contribution is -2.06. The van der Waals surface area contributed by atoms with Crippen LogP contribution in [0.2, 0.25) is 0 Å². The van der Waals surface area contributed by atoms with Crippen molar-refractivity contribution in [2.45, 2.75) is 19.9 Å². The second-order valence-corrected chi connectivity index (χ2v) is 6.83. The molecule has 4 aromatic rings. The van der Waals surface area contributed by atoms with E-state index in [1.54, 1.807) is 11.3 Å². The van der Waals surface area contributed by atoms with E-state index in [0.717, 1.165) is 21.8 Å². The molecule has 0 fully saturated rings. The number of aryl methyl sites for hydroxylation is 1. The molecule has 0 radical (unpaired) electrons. The molecule has 0 saturated heterocycles. The van der Waals surface area contributed by atoms with Crippen LogP contribution in [0.4, 0.5) is 5.69 Å². The Morgan fingerprint density at radius 1 is 1.08 bits per heavy atom. The van der Waals surface area contributed by atoms with E-state index in [9.17, 15) is 0 Å². The number of nitrogens with zero attached hydrogens (tertiary/aromatic N) is 3. The molecule has 24 heavy (non-hydrogen) atoms. The van der Waals surface area contributed by atoms with Crippen molar-refractivity contribution in [3.8, 4) is 11.5 Å². The van der Waals surface area contributed by atoms with E-state index in [-0.39, 0.29) is 6.04 Å². The first-order valence-electron chi connectivity index (χ1n) is 7.71. The lowest BCUT2D eigenvalue weighted by atomic mass is 10.2. The fourth-order valence-corrected chi connectivity index (χ4v) is 3.41. The average molecular weight is 336 g/mol. The number of thiazole rings is 1. The van der Waals surface area contributed by atoms with Gasteiger partial charge >= 0.3 is 0 Å². The molecule has 0 saturated carbocycles. The Hall–Kier alpha value is -2.73. The maximum absolute atomic E-state index is 5.80. The second kappa shape index (κ2) is 6.05. The molecule has 2 aromatic carbocycles. The molecule has 2 aromatic heterocycles. The predicted molar refractivity (Wildman–Crippen MR) is 96.1 cm³/mol. The average Bonchev–Trinajstić information content (AvgIpc) is 3.21. The van der Waals surface area contributed by atoms with Crippen LogP contribution in [0.5, 0.6) is 0 Å². The van der Waals surface area contributed by atoms with Gasteiger partial charge in [0.2, 0.25) is 11.8 Å². The summed E-state index contributed by atoms with van der Waals surface area (Å²) in [6.07, 6.45) is 0. The summed E-state index contributed by atoms with van der Waals surface area (Å²) in [5.74, 6) is 1.10. The van der Waals surface area contributed by atoms with Crippen molar-refractivity contribution in [3.63, 3.8) is 0 Å². The Labute approximate surface area is 143 Å². The number of anilines is 1. The van der Waals surface area contributed by atoms with Crippen LogP contribution in [0, 0.1) is 6.92 Å². The highest BCUT2D eigenvalue weighted by Crippen LogP contribution is 2.27. The molecule has 0 amide bonds. The molecule has 0 spiro atoms. The monoisotopic (exact) mass is 336 g/mol. The van der Waals surface area contributed by atoms with E-state index in [4.69, 9.17) is 4.42 Å². The standard InChI is InChI=1S/C18H16N4OS/c1-11(17-21-22-18(23-17)13-6-4-3-5-7-13)19-14-8-9-15-16(10-14)24-12(2)20-15/h3-11,19H,1-2H3/t11-/m0/s1. The normalized spacial score (nSPS) is 12.4. The quantitative estimate of drug-likeness (QED) is 0.578. The summed E-state index contributed by atoms with van der Waals surface area (Å²) in [5, 5.41) is 12.8. The topological polar surface area (TPSA) is 63.8 Å². The zero-order valence-electron chi connectivity index (χ0n) is 13.4. The molecule has 0 unspecified atom stereocenters. The number of rotatable bonds is 4. The largest absolute Gasteiger partial charge is 0.418 e. The number of benzene rings is 2. The number of aromatic nitrogens is 3. The fourth-order valence-electron chi connectivity index (χ4n) is 2.55. The van der Waals surface area contributed by atoms with Gasteiger partial charge in [0.1, 0.15) is 6.04 Å². The fraction of sp³-hybridized carbons (Fsp3) is 0.167. The lowest BCUT2D eigenvalue weighted by molar-refractivity contribution is 0.485. The summed E-state index contributed by atoms with van der Waals surface area (Å²) in [5.41, 5.74) is 2.96. The summed E-state index contributed by atoms with van der Waals surface area (Å²) in [7, 11) is 0. The molecule has 5 nitrogen and oxygen atoms in total. The van der Waals surface area contributed by atoms with Gasteiger partial charge in [-0.15, -0.1) is 21.5 Å². The van der Waals surface area contributed by atoms with Gasteiger partial charge < -0.3 is 9.73 Å². The molecular formula is C18H16N4OS. The molecule has 2 heterocycles. The minimum atomic E-state index is -0.0820. The summed E-state index contributed by atoms with van der Waals surface area (Å²) in [6, 6.07) is 15.8. The van der Waals surface area contributed by atoms with Crippen molar-refractivity contribution in [2.75, 3.05) is 5.32 Å². The Morgan fingerprint density at radius 2 is 1.92 bits per heavy atom. The molecule has 0 bridgehead atoms. The second-order valence-electron chi connectivity index (χ2n) is 5.59. The van der Waals surface area contributed by atoms with Crippen LogP contribution in [0.3, 0.4) is 0 Å². The van der Waals surface area contributed by atoms with Gasteiger partial charge in [0, 0.05) is 11.3 Å². The zero-order chi connectivity index (χ0) is 16.5. The molecule has 0 aliphatic carbocycles. The van der Waals surface area contributed by atoms with Crippen LogP contribution in [-0.4, -0.2) is 15.2 Å². The van der Waals surface area contributed by atoms with Crippen molar-refractivity contribution in [2.24, 2.45) is 0 Å². The number of hydrogen-bond donors (Lipinski definition) is 1. The Bertz CT molecular complexity index is 977. The molecular weight excluding hydrogens is 320 g/mol. The predicted octanol–water partition coefficient (Wildman–Crippen LogP) is 4.83. The van der Waals surface area contributed by atoms with Gasteiger partial charge in [-0.1, -0.05) is 18.2 Å². The van der Waals surface area contributed by atoms with Crippen LogP contribution in [0.15, 0.2) is 52.9 Å². The highest BCUT2D eigenvalue weighted by atomic mass is 32.1. The van der Waals surface area contributed by atoms with E-state index < -0.39 is 0 Å². The van der Waals surface area contributed by atoms with Crippen LogP contribution in [0.25, 0.3) is 21.7 Å². The number of fused-ring (bicyclic) bond motifs is 1. The van der Waals surface area contributed by atoms with Crippen LogP contribution in [0.1, 0.15) is 23.9 Å². The van der Waals surface area contributed by atoms with E-state index in [1.807, 2.05) is 56.3 Å². The van der Waals surface area contributed by atoms with Crippen molar-refractivity contribution < 1.29 is 4.42 Å². The molecule has 120 valence electrons. The zero-order valence-corrected chi connectivity index (χ0v) is 14.2. The first kappa shape index (κ1) is 14.8. The Balaban J connectivity index is 1.55. The first-order valence-corrected chi connectivity index (χ1v) is 8.53. The van der Waals surface area contributed by atoms with Gasteiger partial charge in [-0.2, -0.15) is 0 Å². The molecule has 4 rings (SSSR count). The molecule has 1 N–H and O–H groups in total. The maximum atomic E-state index is 5.80. The lowest BCUT2D eigenvalue weighted by Gasteiger charge is -2.11. The number of hydrogen-bond acceptors (Lipinski definition) is 6. The van der Waals surface area contributed by atoms with Crippen LogP contribution >= 0.6 is 11.3 Å². The maximum Gasteiger partial charge on any atom is 0.247 e. The van der Waals surface area contributed by atoms with Gasteiger partial charge in [0.05, 0.1) is 15.2 Å². The van der Waals surface area contributed by atoms with Crippen LogP contribution < -0.4 is 5.32 Å². The highest BCUT2D eigenvalue weighted by Gasteiger charge is 2.15. The third-order valence-corrected chi connectivity index (χ3v) is 4.64. The van der Waals surface area contributed by atoms with Crippen LogP contribution in [-0.2, 0) is 0 Å². The third kappa shape index (κ3) is 2.88. The molecule has 0 aliphatic rings. The van der Waals surface area contributed by atoms with Crippen molar-refractivity contribution in [3.05, 3.63) is 59.4 Å². The van der Waals surface area contributed by atoms with Gasteiger partial charge in [0.25, 0.3) is 0 Å². The van der Waals surface area contributed by atoms with Crippen molar-refractivity contribution in [1.29, 1.82) is 0 Å². The minimum absolute atomic E-state index is 0.0820. The Kier molecular flexibility index (Phi) is 3.74. The number of nitrogens with one attached hydrogen (secondary N) is 1. The summed E-state index contributed by atoms with van der Waals surface area (Å²) < 4.78 is 6.97. The minimum Gasteiger partial charge on any atom is -0.418 e. The van der Waals surface area contributed by atoms with Gasteiger partial charge in [-0.25, -0.2) is 4.98 Å². The highest BCUT2D eigenvalue weighted by molar-refractivity contribution is 7.18. The summed E-state index contributed by atoms with van der Waals surface area (Å²) in [4.78, 5) is 4.48. The van der Waals surface area contributed by atoms with E-state index in [2.05, 4.69) is 26.6 Å². The first-order chi connectivity index (χ1) is 11.7. The van der Waals surface area contributed by atoms with Crippen molar-refractivity contribution >= 4 is 27.2 Å². The summed E-state index contributed by atoms with van der Waals surface area (Å²) >= 11 is 1.69.